The van der Waals surface area contributed by atoms with Crippen LogP contribution in [-0.4, -0.2) is 42.2 Å². The zero-order valence-corrected chi connectivity index (χ0v) is 13.1. The number of nitrogens with zero attached hydrogens (tertiary/aromatic N) is 2. The number of aliphatic carboxylic acids is 1. The molecule has 2 rings (SSSR count). The number of rotatable bonds is 6. The molecule has 116 valence electrons. The maximum absolute atomic E-state index is 11.1. The second-order valence-corrected chi connectivity index (χ2v) is 5.75. The number of likely N-dealkylation sites (tertiary alicyclic amines) is 1. The van der Waals surface area contributed by atoms with Gasteiger partial charge in [0.05, 0.1) is 5.92 Å². The molecule has 0 amide bonds. The minimum atomic E-state index is -0.656. The van der Waals surface area contributed by atoms with Gasteiger partial charge in [-0.25, -0.2) is 0 Å². The minimum Gasteiger partial charge on any atom is -0.481 e. The fourth-order valence-corrected chi connectivity index (χ4v) is 3.10. The fraction of sp³-hybridized carbons (Fsp3) is 0.588. The minimum absolute atomic E-state index is 0.204. The molecule has 1 aliphatic heterocycles. The highest BCUT2D eigenvalue weighted by molar-refractivity contribution is 5.70. The zero-order chi connectivity index (χ0) is 15.2. The maximum atomic E-state index is 11.1. The molecule has 1 unspecified atom stereocenters. The van der Waals surface area contributed by atoms with E-state index in [1.165, 1.54) is 11.3 Å². The van der Waals surface area contributed by atoms with E-state index in [-0.39, 0.29) is 5.92 Å². The first-order valence-electron chi connectivity index (χ1n) is 7.93. The van der Waals surface area contributed by atoms with Gasteiger partial charge in [-0.05, 0) is 50.9 Å². The summed E-state index contributed by atoms with van der Waals surface area (Å²) in [5.74, 6) is -0.860. The average molecular weight is 290 g/mol. The number of anilines is 1. The predicted octanol–water partition coefficient (Wildman–Crippen LogP) is 2.83. The highest BCUT2D eigenvalue weighted by atomic mass is 16.4. The van der Waals surface area contributed by atoms with Gasteiger partial charge in [0.2, 0.25) is 0 Å². The van der Waals surface area contributed by atoms with Gasteiger partial charge in [-0.3, -0.25) is 9.69 Å². The van der Waals surface area contributed by atoms with Crippen molar-refractivity contribution in [3.05, 3.63) is 29.8 Å². The molecule has 1 heterocycles. The van der Waals surface area contributed by atoms with Crippen LogP contribution in [0.4, 0.5) is 5.69 Å². The van der Waals surface area contributed by atoms with Crippen LogP contribution in [0.1, 0.15) is 32.3 Å². The molecule has 0 radical (unpaired) electrons. The van der Waals surface area contributed by atoms with Crippen LogP contribution < -0.4 is 4.90 Å². The van der Waals surface area contributed by atoms with Crippen molar-refractivity contribution < 1.29 is 9.90 Å². The predicted molar refractivity (Wildman–Crippen MR) is 85.6 cm³/mol. The Kier molecular flexibility index (Phi) is 5.62. The van der Waals surface area contributed by atoms with Crippen LogP contribution in [0.2, 0.25) is 0 Å². The van der Waals surface area contributed by atoms with Gasteiger partial charge < -0.3 is 10.0 Å². The lowest BCUT2D eigenvalue weighted by atomic mass is 9.98. The lowest BCUT2D eigenvalue weighted by molar-refractivity contribution is -0.143. The van der Waals surface area contributed by atoms with E-state index in [1.54, 1.807) is 0 Å². The SMILES string of the molecule is CCN(CC)c1cccc(CN2CCCC(C(=O)O)C2)c1. The van der Waals surface area contributed by atoms with Gasteiger partial charge in [0.1, 0.15) is 0 Å². The van der Waals surface area contributed by atoms with E-state index in [4.69, 9.17) is 5.11 Å². The Balaban J connectivity index is 2.02. The standard InChI is InChI=1S/C17H26N2O2/c1-3-19(4-2)16-9-5-7-14(11-16)12-18-10-6-8-15(13-18)17(20)21/h5,7,9,11,15H,3-4,6,8,10,12-13H2,1-2H3,(H,20,21). The lowest BCUT2D eigenvalue weighted by Crippen LogP contribution is -2.38. The lowest BCUT2D eigenvalue weighted by Gasteiger charge is -2.31. The number of carboxylic acid groups (broad SMARTS) is 1. The Morgan fingerprint density at radius 2 is 2.14 bits per heavy atom. The summed E-state index contributed by atoms with van der Waals surface area (Å²) in [5, 5.41) is 9.17. The number of carboxylic acids is 1. The largest absolute Gasteiger partial charge is 0.481 e. The normalized spacial score (nSPS) is 19.4. The van der Waals surface area contributed by atoms with Crippen LogP contribution in [-0.2, 0) is 11.3 Å². The van der Waals surface area contributed by atoms with Crippen LogP contribution >= 0.6 is 0 Å². The molecule has 1 aliphatic rings. The Bertz CT molecular complexity index is 472. The third-order valence-electron chi connectivity index (χ3n) is 4.30. The quantitative estimate of drug-likeness (QED) is 0.875. The highest BCUT2D eigenvalue weighted by Gasteiger charge is 2.25. The second-order valence-electron chi connectivity index (χ2n) is 5.75. The topological polar surface area (TPSA) is 43.8 Å². The van der Waals surface area contributed by atoms with Gasteiger partial charge in [-0.15, -0.1) is 0 Å². The summed E-state index contributed by atoms with van der Waals surface area (Å²) in [5.41, 5.74) is 2.52. The van der Waals surface area contributed by atoms with E-state index in [0.29, 0.717) is 6.54 Å². The number of piperidine rings is 1. The molecule has 0 saturated carbocycles. The van der Waals surface area contributed by atoms with Gasteiger partial charge in [0.15, 0.2) is 0 Å². The summed E-state index contributed by atoms with van der Waals surface area (Å²) in [7, 11) is 0. The molecule has 0 aliphatic carbocycles. The van der Waals surface area contributed by atoms with Crippen molar-refractivity contribution in [1.82, 2.24) is 4.90 Å². The van der Waals surface area contributed by atoms with E-state index < -0.39 is 5.97 Å². The summed E-state index contributed by atoms with van der Waals surface area (Å²) in [4.78, 5) is 15.7. The number of hydrogen-bond acceptors (Lipinski definition) is 3. The van der Waals surface area contributed by atoms with Crippen LogP contribution in [0, 0.1) is 5.92 Å². The molecule has 21 heavy (non-hydrogen) atoms. The van der Waals surface area contributed by atoms with Crippen molar-refractivity contribution in [3.63, 3.8) is 0 Å². The molecule has 4 nitrogen and oxygen atoms in total. The van der Waals surface area contributed by atoms with Crippen LogP contribution in [0.3, 0.4) is 0 Å². The van der Waals surface area contributed by atoms with Crippen molar-refractivity contribution in [3.8, 4) is 0 Å². The maximum Gasteiger partial charge on any atom is 0.307 e. The second kappa shape index (κ2) is 7.46. The highest BCUT2D eigenvalue weighted by Crippen LogP contribution is 2.21. The summed E-state index contributed by atoms with van der Waals surface area (Å²) in [6.07, 6.45) is 1.79. The van der Waals surface area contributed by atoms with E-state index in [9.17, 15) is 4.79 Å². The molecule has 0 aromatic heterocycles. The Labute approximate surface area is 127 Å². The summed E-state index contributed by atoms with van der Waals surface area (Å²) < 4.78 is 0. The van der Waals surface area contributed by atoms with Crippen molar-refractivity contribution in [1.29, 1.82) is 0 Å². The third kappa shape index (κ3) is 4.21. The molecule has 4 heteroatoms. The van der Waals surface area contributed by atoms with Gasteiger partial charge in [-0.2, -0.15) is 0 Å². The first kappa shape index (κ1) is 15.8. The van der Waals surface area contributed by atoms with Gasteiger partial charge in [0.25, 0.3) is 0 Å². The molecule has 1 N–H and O–H groups in total. The Morgan fingerprint density at radius 3 is 2.81 bits per heavy atom. The molecular formula is C17H26N2O2. The van der Waals surface area contributed by atoms with Gasteiger partial charge >= 0.3 is 5.97 Å². The van der Waals surface area contributed by atoms with Crippen LogP contribution in [0.25, 0.3) is 0 Å². The molecule has 0 spiro atoms. The zero-order valence-electron chi connectivity index (χ0n) is 13.1. The smallest absolute Gasteiger partial charge is 0.307 e. The number of benzene rings is 1. The van der Waals surface area contributed by atoms with Gasteiger partial charge in [0, 0.05) is 31.9 Å². The molecule has 1 atom stereocenters. The molecular weight excluding hydrogens is 264 g/mol. The van der Waals surface area contributed by atoms with Crippen LogP contribution in [0.15, 0.2) is 24.3 Å². The fourth-order valence-electron chi connectivity index (χ4n) is 3.10. The van der Waals surface area contributed by atoms with Crippen molar-refractivity contribution in [2.75, 3.05) is 31.1 Å². The molecule has 1 aromatic carbocycles. The average Bonchev–Trinajstić information content (AvgIpc) is 2.49. The summed E-state index contributed by atoms with van der Waals surface area (Å²) >= 11 is 0. The molecule has 0 bridgehead atoms. The molecule has 1 saturated heterocycles. The molecule has 1 fully saturated rings. The van der Waals surface area contributed by atoms with Crippen molar-refractivity contribution >= 4 is 11.7 Å². The summed E-state index contributed by atoms with van der Waals surface area (Å²) in [6, 6.07) is 8.61. The first-order valence-corrected chi connectivity index (χ1v) is 7.93. The van der Waals surface area contributed by atoms with Crippen molar-refractivity contribution in [2.24, 2.45) is 5.92 Å². The molecule has 1 aromatic rings. The van der Waals surface area contributed by atoms with E-state index in [0.717, 1.165) is 39.0 Å². The van der Waals surface area contributed by atoms with E-state index in [1.807, 2.05) is 0 Å². The monoisotopic (exact) mass is 290 g/mol. The summed E-state index contributed by atoms with van der Waals surface area (Å²) in [6.45, 7) is 8.86. The van der Waals surface area contributed by atoms with E-state index in [2.05, 4.69) is 47.9 Å². The van der Waals surface area contributed by atoms with Crippen LogP contribution in [0.5, 0.6) is 0 Å². The first-order chi connectivity index (χ1) is 10.1. The Hall–Kier alpha value is -1.55. The van der Waals surface area contributed by atoms with Gasteiger partial charge in [-0.1, -0.05) is 12.1 Å². The number of carbonyl (C=O) groups is 1. The van der Waals surface area contributed by atoms with Crippen molar-refractivity contribution in [2.45, 2.75) is 33.2 Å². The Morgan fingerprint density at radius 1 is 1.38 bits per heavy atom. The third-order valence-corrected chi connectivity index (χ3v) is 4.30. The van der Waals surface area contributed by atoms with E-state index >= 15 is 0 Å². The number of hydrogen-bond donors (Lipinski definition) is 1.